The van der Waals surface area contributed by atoms with Crippen molar-refractivity contribution >= 4 is 17.2 Å². The number of fused-ring (bicyclic) bond motifs is 1. The van der Waals surface area contributed by atoms with Gasteiger partial charge < -0.3 is 15.1 Å². The average molecular weight is 219 g/mol. The Hall–Kier alpha value is -1.69. The lowest BCUT2D eigenvalue weighted by atomic mass is 10.2. The highest BCUT2D eigenvalue weighted by molar-refractivity contribution is 5.67. The van der Waals surface area contributed by atoms with E-state index in [-0.39, 0.29) is 0 Å². The van der Waals surface area contributed by atoms with Crippen molar-refractivity contribution in [2.45, 2.75) is 18.9 Å². The van der Waals surface area contributed by atoms with Gasteiger partial charge in [-0.3, -0.25) is 0 Å². The van der Waals surface area contributed by atoms with Crippen LogP contribution in [0, 0.1) is 0 Å². The highest BCUT2D eigenvalue weighted by Crippen LogP contribution is 2.22. The quantitative estimate of drug-likeness (QED) is 0.794. The van der Waals surface area contributed by atoms with Crippen LogP contribution >= 0.6 is 0 Å². The normalized spacial score (nSPS) is 20.8. The van der Waals surface area contributed by atoms with Crippen LogP contribution in [0.15, 0.2) is 17.0 Å². The zero-order chi connectivity index (χ0) is 11.0. The highest BCUT2D eigenvalue weighted by Gasteiger charge is 2.25. The lowest BCUT2D eigenvalue weighted by Gasteiger charge is -2.22. The summed E-state index contributed by atoms with van der Waals surface area (Å²) in [6.45, 7) is 1.60. The van der Waals surface area contributed by atoms with Gasteiger partial charge in [0.15, 0.2) is 6.39 Å². The lowest BCUT2D eigenvalue weighted by molar-refractivity contribution is 0.587. The molecule has 1 aliphatic rings. The molecule has 16 heavy (non-hydrogen) atoms. The van der Waals surface area contributed by atoms with Crippen molar-refractivity contribution < 1.29 is 4.42 Å². The van der Waals surface area contributed by atoms with E-state index < -0.39 is 0 Å². The zero-order valence-electron chi connectivity index (χ0n) is 8.83. The van der Waals surface area contributed by atoms with Crippen molar-refractivity contribution in [3.05, 3.63) is 12.6 Å². The monoisotopic (exact) mass is 219 g/mol. The molecule has 6 heteroatoms. The summed E-state index contributed by atoms with van der Waals surface area (Å²) in [7, 11) is 0. The SMILES string of the molecule is NCC1CCCN1c1ncc2ncoc2n1. The maximum Gasteiger partial charge on any atom is 0.251 e. The van der Waals surface area contributed by atoms with Gasteiger partial charge in [0.25, 0.3) is 5.71 Å². The van der Waals surface area contributed by atoms with Gasteiger partial charge in [-0.05, 0) is 12.8 Å². The van der Waals surface area contributed by atoms with Crippen LogP contribution in [0.2, 0.25) is 0 Å². The first kappa shape index (κ1) is 9.53. The molecule has 0 radical (unpaired) electrons. The third-order valence-corrected chi connectivity index (χ3v) is 2.99. The minimum atomic E-state index is 0.348. The second kappa shape index (κ2) is 3.71. The molecule has 2 aromatic heterocycles. The first-order valence-electron chi connectivity index (χ1n) is 5.41. The minimum absolute atomic E-state index is 0.348. The lowest BCUT2D eigenvalue weighted by Crippen LogP contribution is -2.36. The summed E-state index contributed by atoms with van der Waals surface area (Å²) in [5, 5.41) is 0. The number of hydrogen-bond donors (Lipinski definition) is 1. The summed E-state index contributed by atoms with van der Waals surface area (Å²) in [5.41, 5.74) is 6.94. The van der Waals surface area contributed by atoms with Crippen LogP contribution in [0.3, 0.4) is 0 Å². The van der Waals surface area contributed by atoms with Gasteiger partial charge in [-0.2, -0.15) is 4.98 Å². The van der Waals surface area contributed by atoms with Crippen LogP contribution < -0.4 is 10.6 Å². The third-order valence-electron chi connectivity index (χ3n) is 2.99. The fraction of sp³-hybridized carbons (Fsp3) is 0.500. The van der Waals surface area contributed by atoms with Crippen molar-refractivity contribution in [3.8, 4) is 0 Å². The molecule has 1 fully saturated rings. The molecule has 2 N–H and O–H groups in total. The Morgan fingerprint density at radius 3 is 3.31 bits per heavy atom. The standard InChI is InChI=1S/C10H13N5O/c11-4-7-2-1-3-15(7)10-12-5-8-9(14-10)16-6-13-8/h5-7H,1-4,11H2. The first-order chi connectivity index (χ1) is 7.88. The van der Waals surface area contributed by atoms with Crippen LogP contribution in [0.1, 0.15) is 12.8 Å². The van der Waals surface area contributed by atoms with Gasteiger partial charge in [-0.25, -0.2) is 9.97 Å². The summed E-state index contributed by atoms with van der Waals surface area (Å²) in [5.74, 6) is 0.692. The van der Waals surface area contributed by atoms with E-state index in [0.717, 1.165) is 19.4 Å². The predicted molar refractivity (Wildman–Crippen MR) is 59.0 cm³/mol. The molecule has 84 valence electrons. The van der Waals surface area contributed by atoms with Gasteiger partial charge in [0.05, 0.1) is 6.20 Å². The van der Waals surface area contributed by atoms with Crippen molar-refractivity contribution in [1.29, 1.82) is 0 Å². The summed E-state index contributed by atoms with van der Waals surface area (Å²) < 4.78 is 5.17. The van der Waals surface area contributed by atoms with E-state index in [1.165, 1.54) is 6.39 Å². The number of nitrogens with two attached hydrogens (primary N) is 1. The van der Waals surface area contributed by atoms with Gasteiger partial charge in [-0.15, -0.1) is 0 Å². The van der Waals surface area contributed by atoms with Gasteiger partial charge in [0.2, 0.25) is 5.95 Å². The molecule has 6 nitrogen and oxygen atoms in total. The van der Waals surface area contributed by atoms with Crippen LogP contribution in [0.4, 0.5) is 5.95 Å². The zero-order valence-corrected chi connectivity index (χ0v) is 8.83. The van der Waals surface area contributed by atoms with Crippen LogP contribution in [0.25, 0.3) is 11.2 Å². The predicted octanol–water partition coefficient (Wildman–Crippen LogP) is 0.545. The molecule has 0 saturated carbocycles. The Morgan fingerprint density at radius 1 is 1.50 bits per heavy atom. The van der Waals surface area contributed by atoms with E-state index in [0.29, 0.717) is 29.8 Å². The topological polar surface area (TPSA) is 81.1 Å². The van der Waals surface area contributed by atoms with Crippen molar-refractivity contribution in [2.75, 3.05) is 18.0 Å². The molecule has 1 atom stereocenters. The van der Waals surface area contributed by atoms with E-state index in [1.807, 2.05) is 0 Å². The van der Waals surface area contributed by atoms with Gasteiger partial charge in [-0.1, -0.05) is 0 Å². The van der Waals surface area contributed by atoms with E-state index in [4.69, 9.17) is 10.2 Å². The number of nitrogens with zero attached hydrogens (tertiary/aromatic N) is 4. The number of rotatable bonds is 2. The molecule has 1 aliphatic heterocycles. The second-order valence-electron chi connectivity index (χ2n) is 3.94. The van der Waals surface area contributed by atoms with Crippen molar-refractivity contribution in [2.24, 2.45) is 5.73 Å². The van der Waals surface area contributed by atoms with Crippen LogP contribution in [-0.2, 0) is 0 Å². The molecule has 0 aliphatic carbocycles. The molecule has 3 rings (SSSR count). The molecular formula is C10H13N5O. The Kier molecular flexibility index (Phi) is 2.21. The maximum atomic E-state index is 5.72. The molecule has 3 heterocycles. The van der Waals surface area contributed by atoms with E-state index in [1.54, 1.807) is 6.20 Å². The minimum Gasteiger partial charge on any atom is -0.425 e. The van der Waals surface area contributed by atoms with Crippen LogP contribution in [0.5, 0.6) is 0 Å². The van der Waals surface area contributed by atoms with Crippen molar-refractivity contribution in [3.63, 3.8) is 0 Å². The van der Waals surface area contributed by atoms with Gasteiger partial charge in [0.1, 0.15) is 5.52 Å². The summed E-state index contributed by atoms with van der Waals surface area (Å²) in [6.07, 6.45) is 5.31. The molecular weight excluding hydrogens is 206 g/mol. The molecule has 2 aromatic rings. The first-order valence-corrected chi connectivity index (χ1v) is 5.41. The molecule has 0 spiro atoms. The van der Waals surface area contributed by atoms with Gasteiger partial charge in [0, 0.05) is 19.1 Å². The number of anilines is 1. The van der Waals surface area contributed by atoms with E-state index in [2.05, 4.69) is 19.9 Å². The smallest absolute Gasteiger partial charge is 0.251 e. The second-order valence-corrected chi connectivity index (χ2v) is 3.94. The number of hydrogen-bond acceptors (Lipinski definition) is 6. The summed E-state index contributed by atoms with van der Waals surface area (Å²) >= 11 is 0. The molecule has 0 aromatic carbocycles. The summed E-state index contributed by atoms with van der Waals surface area (Å²) in [6, 6.07) is 0.348. The third kappa shape index (κ3) is 1.42. The summed E-state index contributed by atoms with van der Waals surface area (Å²) in [4.78, 5) is 14.8. The fourth-order valence-electron chi connectivity index (χ4n) is 2.14. The molecule has 0 amide bonds. The molecule has 1 unspecified atom stereocenters. The number of aromatic nitrogens is 3. The molecule has 0 bridgehead atoms. The Labute approximate surface area is 92.5 Å². The van der Waals surface area contributed by atoms with Crippen LogP contribution in [-0.4, -0.2) is 34.1 Å². The fourth-order valence-corrected chi connectivity index (χ4v) is 2.14. The molecule has 1 saturated heterocycles. The maximum absolute atomic E-state index is 5.72. The average Bonchev–Trinajstić information content (AvgIpc) is 2.96. The highest BCUT2D eigenvalue weighted by atomic mass is 16.3. The largest absolute Gasteiger partial charge is 0.425 e. The number of oxazole rings is 1. The Morgan fingerprint density at radius 2 is 2.44 bits per heavy atom. The Balaban J connectivity index is 1.98. The Bertz CT molecular complexity index is 497. The van der Waals surface area contributed by atoms with Crippen molar-refractivity contribution in [1.82, 2.24) is 15.0 Å². The van der Waals surface area contributed by atoms with Gasteiger partial charge >= 0.3 is 0 Å². The van der Waals surface area contributed by atoms with E-state index >= 15 is 0 Å². The van der Waals surface area contributed by atoms with E-state index in [9.17, 15) is 0 Å².